The molecule has 0 atom stereocenters. The summed E-state index contributed by atoms with van der Waals surface area (Å²) in [5.41, 5.74) is 2.65. The van der Waals surface area contributed by atoms with Gasteiger partial charge in [-0.1, -0.05) is 17.7 Å². The second-order valence-electron chi connectivity index (χ2n) is 5.25. The molecule has 0 fully saturated rings. The summed E-state index contributed by atoms with van der Waals surface area (Å²) in [4.78, 5) is 33.7. The first-order chi connectivity index (χ1) is 11.4. The van der Waals surface area contributed by atoms with Crippen molar-refractivity contribution >= 4 is 23.3 Å². The molecule has 0 saturated heterocycles. The van der Waals surface area contributed by atoms with E-state index in [1.807, 2.05) is 26.0 Å². The van der Waals surface area contributed by atoms with Gasteiger partial charge in [-0.15, -0.1) is 0 Å². The molecular weight excluding hydrogens is 312 g/mol. The third kappa shape index (κ3) is 4.39. The van der Waals surface area contributed by atoms with Crippen molar-refractivity contribution in [1.82, 2.24) is 0 Å². The molecule has 7 nitrogen and oxygen atoms in total. The molecule has 0 unspecified atom stereocenters. The Morgan fingerprint density at radius 3 is 2.38 bits per heavy atom. The molecule has 7 heteroatoms. The quantitative estimate of drug-likeness (QED) is 0.517. The minimum absolute atomic E-state index is 0.126. The maximum Gasteiger partial charge on any atom is 0.338 e. The van der Waals surface area contributed by atoms with Crippen molar-refractivity contribution in [3.8, 4) is 0 Å². The highest BCUT2D eigenvalue weighted by Gasteiger charge is 2.13. The van der Waals surface area contributed by atoms with Gasteiger partial charge in [0.2, 0.25) is 0 Å². The fourth-order valence-electron chi connectivity index (χ4n) is 2.07. The summed E-state index contributed by atoms with van der Waals surface area (Å²) in [5.74, 6) is -1.18. The normalized spacial score (nSPS) is 10.1. The van der Waals surface area contributed by atoms with Crippen LogP contribution in [0.4, 0.5) is 11.4 Å². The van der Waals surface area contributed by atoms with Crippen molar-refractivity contribution in [2.45, 2.75) is 13.8 Å². The molecule has 0 aromatic heterocycles. The number of esters is 1. The van der Waals surface area contributed by atoms with Crippen LogP contribution in [0, 0.1) is 24.0 Å². The van der Waals surface area contributed by atoms with E-state index in [1.54, 1.807) is 6.07 Å². The number of rotatable bonds is 5. The molecular formula is C17H16N2O5. The number of nitrogens with zero attached hydrogens (tertiary/aromatic N) is 1. The predicted molar refractivity (Wildman–Crippen MR) is 87.9 cm³/mol. The second-order valence-corrected chi connectivity index (χ2v) is 5.25. The van der Waals surface area contributed by atoms with Crippen molar-refractivity contribution in [2.75, 3.05) is 11.9 Å². The number of carbonyl (C=O) groups is 2. The van der Waals surface area contributed by atoms with Gasteiger partial charge in [-0.05, 0) is 37.6 Å². The smallest absolute Gasteiger partial charge is 0.338 e. The standard InChI is InChI=1S/C17H16N2O5/c1-11-3-8-15(12(2)9-11)18-16(20)10-24-17(21)13-4-6-14(7-5-13)19(22)23/h3-9H,10H2,1-2H3,(H,18,20). The summed E-state index contributed by atoms with van der Waals surface area (Å²) in [6.45, 7) is 3.37. The van der Waals surface area contributed by atoms with Crippen molar-refractivity contribution in [2.24, 2.45) is 0 Å². The highest BCUT2D eigenvalue weighted by molar-refractivity contribution is 5.96. The highest BCUT2D eigenvalue weighted by Crippen LogP contribution is 2.16. The van der Waals surface area contributed by atoms with E-state index in [1.165, 1.54) is 24.3 Å². The van der Waals surface area contributed by atoms with Gasteiger partial charge >= 0.3 is 5.97 Å². The van der Waals surface area contributed by atoms with Gasteiger partial charge in [-0.3, -0.25) is 14.9 Å². The number of hydrogen-bond donors (Lipinski definition) is 1. The molecule has 2 aromatic rings. The fraction of sp³-hybridized carbons (Fsp3) is 0.176. The summed E-state index contributed by atoms with van der Waals surface area (Å²) in [6, 6.07) is 10.5. The van der Waals surface area contributed by atoms with E-state index in [9.17, 15) is 19.7 Å². The molecule has 2 rings (SSSR count). The van der Waals surface area contributed by atoms with E-state index >= 15 is 0 Å². The molecule has 0 radical (unpaired) electrons. The first-order valence-electron chi connectivity index (χ1n) is 7.15. The van der Waals surface area contributed by atoms with Crippen molar-refractivity contribution in [3.05, 3.63) is 69.3 Å². The molecule has 124 valence electrons. The fourth-order valence-corrected chi connectivity index (χ4v) is 2.07. The molecule has 2 aromatic carbocycles. The Morgan fingerprint density at radius 1 is 1.12 bits per heavy atom. The van der Waals surface area contributed by atoms with Gasteiger partial charge in [0.15, 0.2) is 6.61 Å². The van der Waals surface area contributed by atoms with E-state index in [2.05, 4.69) is 5.32 Å². The molecule has 1 N–H and O–H groups in total. The van der Waals surface area contributed by atoms with Crippen LogP contribution in [0.3, 0.4) is 0 Å². The monoisotopic (exact) mass is 328 g/mol. The van der Waals surface area contributed by atoms with E-state index < -0.39 is 23.4 Å². The lowest BCUT2D eigenvalue weighted by atomic mass is 10.1. The van der Waals surface area contributed by atoms with Crippen LogP contribution in [0.15, 0.2) is 42.5 Å². The number of nitro groups is 1. The average Bonchev–Trinajstić information content (AvgIpc) is 2.55. The summed E-state index contributed by atoms with van der Waals surface area (Å²) >= 11 is 0. The molecule has 1 amide bonds. The van der Waals surface area contributed by atoms with Gasteiger partial charge in [0.05, 0.1) is 10.5 Å². The van der Waals surface area contributed by atoms with Crippen molar-refractivity contribution < 1.29 is 19.2 Å². The number of carbonyl (C=O) groups excluding carboxylic acids is 2. The number of nitrogens with one attached hydrogen (secondary N) is 1. The molecule has 0 bridgehead atoms. The summed E-state index contributed by atoms with van der Waals surface area (Å²) in [5, 5.41) is 13.2. The summed E-state index contributed by atoms with van der Waals surface area (Å²) in [7, 11) is 0. The third-order valence-corrected chi connectivity index (χ3v) is 3.30. The van der Waals surface area contributed by atoms with Crippen LogP contribution < -0.4 is 5.32 Å². The third-order valence-electron chi connectivity index (χ3n) is 3.30. The second kappa shape index (κ2) is 7.36. The van der Waals surface area contributed by atoms with E-state index in [0.717, 1.165) is 11.1 Å². The molecule has 0 saturated carbocycles. The summed E-state index contributed by atoms with van der Waals surface area (Å²) in [6.07, 6.45) is 0. The van der Waals surface area contributed by atoms with Crippen LogP contribution in [0.25, 0.3) is 0 Å². The topological polar surface area (TPSA) is 98.5 Å². The van der Waals surface area contributed by atoms with Gasteiger partial charge in [0.1, 0.15) is 0 Å². The van der Waals surface area contributed by atoms with Gasteiger partial charge in [-0.2, -0.15) is 0 Å². The number of anilines is 1. The van der Waals surface area contributed by atoms with Crippen molar-refractivity contribution in [3.63, 3.8) is 0 Å². The number of nitro benzene ring substituents is 1. The minimum Gasteiger partial charge on any atom is -0.452 e. The van der Waals surface area contributed by atoms with Gasteiger partial charge in [0.25, 0.3) is 11.6 Å². The van der Waals surface area contributed by atoms with Crippen LogP contribution in [0.5, 0.6) is 0 Å². The average molecular weight is 328 g/mol. The van der Waals surface area contributed by atoms with Gasteiger partial charge in [-0.25, -0.2) is 4.79 Å². The van der Waals surface area contributed by atoms with Crippen LogP contribution in [-0.4, -0.2) is 23.4 Å². The number of non-ortho nitro benzene ring substituents is 1. The SMILES string of the molecule is Cc1ccc(NC(=O)COC(=O)c2ccc([N+](=O)[O-])cc2)c(C)c1. The van der Waals surface area contributed by atoms with Crippen LogP contribution in [-0.2, 0) is 9.53 Å². The largest absolute Gasteiger partial charge is 0.452 e. The Balaban J connectivity index is 1.91. The zero-order chi connectivity index (χ0) is 17.7. The lowest BCUT2D eigenvalue weighted by molar-refractivity contribution is -0.384. The molecule has 0 aliphatic carbocycles. The molecule has 0 spiro atoms. The van der Waals surface area contributed by atoms with Gasteiger partial charge in [0, 0.05) is 17.8 Å². The maximum atomic E-state index is 11.9. The predicted octanol–water partition coefficient (Wildman–Crippen LogP) is 3.01. The lowest BCUT2D eigenvalue weighted by Gasteiger charge is -2.09. The van der Waals surface area contributed by atoms with Crippen LogP contribution >= 0.6 is 0 Å². The Morgan fingerprint density at radius 2 is 1.79 bits per heavy atom. The Hall–Kier alpha value is -3.22. The van der Waals surface area contributed by atoms with E-state index in [-0.39, 0.29) is 11.3 Å². The number of hydrogen-bond acceptors (Lipinski definition) is 5. The van der Waals surface area contributed by atoms with E-state index in [0.29, 0.717) is 5.69 Å². The maximum absolute atomic E-state index is 11.9. The highest BCUT2D eigenvalue weighted by atomic mass is 16.6. The molecule has 0 heterocycles. The van der Waals surface area contributed by atoms with E-state index in [4.69, 9.17) is 4.74 Å². The summed E-state index contributed by atoms with van der Waals surface area (Å²) < 4.78 is 4.91. The first kappa shape index (κ1) is 17.1. The number of amides is 1. The zero-order valence-corrected chi connectivity index (χ0v) is 13.2. The van der Waals surface area contributed by atoms with Crippen LogP contribution in [0.2, 0.25) is 0 Å². The molecule has 24 heavy (non-hydrogen) atoms. The number of ether oxygens (including phenoxy) is 1. The first-order valence-corrected chi connectivity index (χ1v) is 7.15. The Kier molecular flexibility index (Phi) is 5.26. The zero-order valence-electron chi connectivity index (χ0n) is 13.2. The van der Waals surface area contributed by atoms with Crippen LogP contribution in [0.1, 0.15) is 21.5 Å². The Labute approximate surface area is 138 Å². The van der Waals surface area contributed by atoms with Gasteiger partial charge < -0.3 is 10.1 Å². The number of aryl methyl sites for hydroxylation is 2. The molecule has 0 aliphatic rings. The minimum atomic E-state index is -0.722. The Bertz CT molecular complexity index is 784. The van der Waals surface area contributed by atoms with Crippen molar-refractivity contribution in [1.29, 1.82) is 0 Å². The lowest BCUT2D eigenvalue weighted by Crippen LogP contribution is -2.21. The molecule has 0 aliphatic heterocycles. The number of benzene rings is 2.